The maximum atomic E-state index is 13.0. The number of likely N-dealkylation sites (tertiary alicyclic amines) is 1. The van der Waals surface area contributed by atoms with Crippen LogP contribution in [0, 0.1) is 11.3 Å². The van der Waals surface area contributed by atoms with Crippen molar-refractivity contribution in [2.24, 2.45) is 11.3 Å². The summed E-state index contributed by atoms with van der Waals surface area (Å²) >= 11 is 6.01. The number of aliphatic hydroxyl groups is 2. The monoisotopic (exact) mass is 372 g/mol. The number of rotatable bonds is 5. The predicted molar refractivity (Wildman–Crippen MR) is 100 cm³/mol. The van der Waals surface area contributed by atoms with Crippen LogP contribution >= 0.6 is 11.6 Å². The molecule has 25 heavy (non-hydrogen) atoms. The van der Waals surface area contributed by atoms with Gasteiger partial charge in [-0.05, 0) is 42.6 Å². The third kappa shape index (κ3) is 5.43. The zero-order valence-corrected chi connectivity index (χ0v) is 16.6. The van der Waals surface area contributed by atoms with Crippen LogP contribution in [0.1, 0.15) is 53.4 Å². The molecular weight excluding hydrogens is 340 g/mol. The summed E-state index contributed by atoms with van der Waals surface area (Å²) in [4.78, 5) is 14.9. The van der Waals surface area contributed by atoms with Gasteiger partial charge >= 0.3 is 0 Å². The van der Waals surface area contributed by atoms with E-state index < -0.39 is 18.4 Å². The first-order valence-corrected chi connectivity index (χ1v) is 9.78. The first kappa shape index (κ1) is 20.7. The highest BCUT2D eigenvalue weighted by Crippen LogP contribution is 2.29. The Balaban J connectivity index is 2.04. The van der Waals surface area contributed by atoms with Crippen LogP contribution in [0.2, 0.25) is 0 Å². The predicted octanol–water partition coefficient (Wildman–Crippen LogP) is 2.26. The summed E-state index contributed by atoms with van der Waals surface area (Å²) in [6.07, 6.45) is 3.27. The summed E-state index contributed by atoms with van der Waals surface area (Å²) in [6, 6.07) is -0.448. The smallest absolute Gasteiger partial charge is 0.240 e. The Morgan fingerprint density at radius 1 is 1.44 bits per heavy atom. The SMILES string of the molecule is CC(C)[C@@H](N[C@@H](O)C1=CC[C@H](Cl)[C@H](O)C1)C(=O)N1CCCC(C)(C)C1. The molecule has 0 unspecified atom stereocenters. The normalized spacial score (nSPS) is 29.3. The minimum absolute atomic E-state index is 0.0500. The van der Waals surface area contributed by atoms with Gasteiger partial charge in [-0.2, -0.15) is 0 Å². The average molecular weight is 373 g/mol. The van der Waals surface area contributed by atoms with Crippen molar-refractivity contribution < 1.29 is 15.0 Å². The van der Waals surface area contributed by atoms with Gasteiger partial charge in [0.2, 0.25) is 5.91 Å². The molecule has 0 aromatic carbocycles. The van der Waals surface area contributed by atoms with Crippen molar-refractivity contribution >= 4 is 17.5 Å². The Hall–Kier alpha value is -0.620. The number of halogens is 1. The van der Waals surface area contributed by atoms with Crippen LogP contribution in [0.5, 0.6) is 0 Å². The summed E-state index contributed by atoms with van der Waals surface area (Å²) in [5.41, 5.74) is 0.848. The van der Waals surface area contributed by atoms with Gasteiger partial charge in [0.05, 0.1) is 17.5 Å². The summed E-state index contributed by atoms with van der Waals surface area (Å²) in [6.45, 7) is 9.87. The molecule has 2 aliphatic rings. The quantitative estimate of drug-likeness (QED) is 0.393. The van der Waals surface area contributed by atoms with Gasteiger partial charge in [0.15, 0.2) is 0 Å². The Morgan fingerprint density at radius 2 is 2.12 bits per heavy atom. The molecule has 0 radical (unpaired) electrons. The second-order valence-electron chi connectivity index (χ2n) is 8.62. The maximum absolute atomic E-state index is 13.0. The van der Waals surface area contributed by atoms with Gasteiger partial charge in [-0.15, -0.1) is 11.6 Å². The summed E-state index contributed by atoms with van der Waals surface area (Å²) in [7, 11) is 0. The lowest BCUT2D eigenvalue weighted by atomic mass is 9.83. The van der Waals surface area contributed by atoms with Gasteiger partial charge in [0, 0.05) is 13.1 Å². The van der Waals surface area contributed by atoms with E-state index in [9.17, 15) is 15.0 Å². The maximum Gasteiger partial charge on any atom is 0.240 e. The number of nitrogens with zero attached hydrogens (tertiary/aromatic N) is 1. The van der Waals surface area contributed by atoms with Gasteiger partial charge in [0.1, 0.15) is 6.23 Å². The van der Waals surface area contributed by atoms with Crippen molar-refractivity contribution in [3.63, 3.8) is 0 Å². The minimum Gasteiger partial charge on any atom is -0.391 e. The molecule has 0 saturated carbocycles. The number of alkyl halides is 1. The van der Waals surface area contributed by atoms with E-state index in [-0.39, 0.29) is 22.6 Å². The van der Waals surface area contributed by atoms with Gasteiger partial charge in [0.25, 0.3) is 0 Å². The van der Waals surface area contributed by atoms with Crippen LogP contribution in [-0.4, -0.2) is 57.9 Å². The molecule has 0 aromatic rings. The number of aliphatic hydroxyl groups excluding tert-OH is 2. The van der Waals surface area contributed by atoms with E-state index >= 15 is 0 Å². The number of allylic oxidation sites excluding steroid dienone is 1. The molecule has 1 saturated heterocycles. The molecule has 1 amide bonds. The highest BCUT2D eigenvalue weighted by atomic mass is 35.5. The molecule has 5 nitrogen and oxygen atoms in total. The topological polar surface area (TPSA) is 72.8 Å². The van der Waals surface area contributed by atoms with Crippen molar-refractivity contribution in [1.82, 2.24) is 10.2 Å². The second kappa shape index (κ2) is 8.38. The summed E-state index contributed by atoms with van der Waals surface area (Å²) in [5, 5.41) is 23.2. The van der Waals surface area contributed by atoms with E-state index in [0.717, 1.165) is 25.9 Å². The fraction of sp³-hybridized carbons (Fsp3) is 0.842. The number of hydrogen-bond donors (Lipinski definition) is 3. The summed E-state index contributed by atoms with van der Waals surface area (Å²) < 4.78 is 0. The highest BCUT2D eigenvalue weighted by Gasteiger charge is 2.35. The number of piperidine rings is 1. The molecule has 4 atom stereocenters. The van der Waals surface area contributed by atoms with Gasteiger partial charge < -0.3 is 15.1 Å². The molecule has 144 valence electrons. The third-order valence-corrected chi connectivity index (χ3v) is 5.77. The van der Waals surface area contributed by atoms with Crippen LogP contribution in [0.25, 0.3) is 0 Å². The molecular formula is C19H33ClN2O3. The molecule has 1 fully saturated rings. The second-order valence-corrected chi connectivity index (χ2v) is 9.18. The Morgan fingerprint density at radius 3 is 2.68 bits per heavy atom. The first-order chi connectivity index (χ1) is 11.6. The fourth-order valence-corrected chi connectivity index (χ4v) is 3.91. The molecule has 0 aromatic heterocycles. The Labute approximate surface area is 156 Å². The van der Waals surface area contributed by atoms with E-state index in [1.54, 1.807) is 0 Å². The van der Waals surface area contributed by atoms with Crippen molar-refractivity contribution in [2.45, 2.75) is 77.1 Å². The van der Waals surface area contributed by atoms with E-state index in [0.29, 0.717) is 18.4 Å². The standard InChI is InChI=1S/C19H33ClN2O3/c1-12(2)16(18(25)22-9-5-8-19(3,4)11-22)21-17(24)13-6-7-14(20)15(23)10-13/h6,12,14-17,21,23-24H,5,7-11H2,1-4H3/t14-,15+,16+,17-/m0/s1. The van der Waals surface area contributed by atoms with Crippen molar-refractivity contribution in [2.75, 3.05) is 13.1 Å². The molecule has 3 N–H and O–H groups in total. The molecule has 6 heteroatoms. The number of amides is 1. The Bertz CT molecular complexity index is 507. The number of hydrogen-bond acceptors (Lipinski definition) is 4. The largest absolute Gasteiger partial charge is 0.391 e. The van der Waals surface area contributed by atoms with Gasteiger partial charge in [-0.25, -0.2) is 0 Å². The number of carbonyl (C=O) groups is 1. The number of nitrogens with one attached hydrogen (secondary N) is 1. The van der Waals surface area contributed by atoms with Crippen LogP contribution in [-0.2, 0) is 4.79 Å². The summed E-state index contributed by atoms with van der Waals surface area (Å²) in [5.74, 6) is 0.107. The lowest BCUT2D eigenvalue weighted by Gasteiger charge is -2.40. The molecule has 1 aliphatic heterocycles. The van der Waals surface area contributed by atoms with Crippen molar-refractivity contribution in [3.8, 4) is 0 Å². The Kier molecular flexibility index (Phi) is 6.94. The van der Waals surface area contributed by atoms with Crippen LogP contribution < -0.4 is 5.32 Å². The molecule has 0 bridgehead atoms. The lowest BCUT2D eigenvalue weighted by molar-refractivity contribution is -0.138. The van der Waals surface area contributed by atoms with E-state index in [4.69, 9.17) is 11.6 Å². The molecule has 2 rings (SSSR count). The van der Waals surface area contributed by atoms with Gasteiger partial charge in [-0.1, -0.05) is 33.8 Å². The minimum atomic E-state index is -0.937. The lowest BCUT2D eigenvalue weighted by Crippen LogP contribution is -2.56. The fourth-order valence-electron chi connectivity index (χ4n) is 3.73. The van der Waals surface area contributed by atoms with E-state index in [2.05, 4.69) is 19.2 Å². The molecule has 1 heterocycles. The van der Waals surface area contributed by atoms with Crippen molar-refractivity contribution in [1.29, 1.82) is 0 Å². The van der Waals surface area contributed by atoms with Crippen LogP contribution in [0.4, 0.5) is 0 Å². The average Bonchev–Trinajstić information content (AvgIpc) is 2.53. The first-order valence-electron chi connectivity index (χ1n) is 9.34. The van der Waals surface area contributed by atoms with E-state index in [1.807, 2.05) is 24.8 Å². The highest BCUT2D eigenvalue weighted by molar-refractivity contribution is 6.21. The molecule has 1 aliphatic carbocycles. The van der Waals surface area contributed by atoms with Crippen LogP contribution in [0.3, 0.4) is 0 Å². The zero-order chi connectivity index (χ0) is 18.8. The van der Waals surface area contributed by atoms with Crippen LogP contribution in [0.15, 0.2) is 11.6 Å². The van der Waals surface area contributed by atoms with Crippen molar-refractivity contribution in [3.05, 3.63) is 11.6 Å². The molecule has 0 spiro atoms. The third-order valence-electron chi connectivity index (χ3n) is 5.30. The number of carbonyl (C=O) groups excluding carboxylic acids is 1. The zero-order valence-electron chi connectivity index (χ0n) is 15.8. The van der Waals surface area contributed by atoms with Gasteiger partial charge in [-0.3, -0.25) is 10.1 Å². The van der Waals surface area contributed by atoms with E-state index in [1.165, 1.54) is 0 Å².